The lowest BCUT2D eigenvalue weighted by molar-refractivity contribution is -0.133. The molecule has 13 heavy (non-hydrogen) atoms. The number of aliphatic hydroxyl groups is 1. The number of furan rings is 1. The van der Waals surface area contributed by atoms with E-state index in [2.05, 4.69) is 16.6 Å². The van der Waals surface area contributed by atoms with E-state index in [0.29, 0.717) is 5.76 Å². The minimum atomic E-state index is -1.09. The molecule has 0 unspecified atom stereocenters. The molecule has 1 heterocycles. The minimum Gasteiger partial charge on any atom is -0.466 e. The summed E-state index contributed by atoms with van der Waals surface area (Å²) in [6.45, 7) is 0. The fraction of sp³-hybridized carbons (Fsp3) is 0.222. The number of rotatable bonds is 1. The highest BCUT2D eigenvalue weighted by molar-refractivity contribution is 5.88. The van der Waals surface area contributed by atoms with Gasteiger partial charge in [0.2, 0.25) is 0 Å². The second kappa shape index (κ2) is 4.33. The summed E-state index contributed by atoms with van der Waals surface area (Å²) >= 11 is 0. The van der Waals surface area contributed by atoms with E-state index in [9.17, 15) is 9.90 Å². The first-order valence-electron chi connectivity index (χ1n) is 3.55. The van der Waals surface area contributed by atoms with Gasteiger partial charge in [0.15, 0.2) is 6.10 Å². The monoisotopic (exact) mass is 180 g/mol. The number of esters is 1. The Bertz CT molecular complexity index is 328. The third kappa shape index (κ3) is 2.65. The van der Waals surface area contributed by atoms with Crippen LogP contribution in [0.5, 0.6) is 0 Å². The average molecular weight is 180 g/mol. The zero-order valence-corrected chi connectivity index (χ0v) is 6.98. The average Bonchev–Trinajstić information content (AvgIpc) is 2.66. The molecular formula is C9H8O4. The summed E-state index contributed by atoms with van der Waals surface area (Å²) in [5, 5.41) is 9.28. The van der Waals surface area contributed by atoms with Crippen LogP contribution in [-0.2, 0) is 9.53 Å². The van der Waals surface area contributed by atoms with Crippen molar-refractivity contribution in [3.63, 3.8) is 0 Å². The van der Waals surface area contributed by atoms with Crippen LogP contribution >= 0.6 is 0 Å². The number of aliphatic hydroxyl groups excluding tert-OH is 1. The van der Waals surface area contributed by atoms with Gasteiger partial charge in [-0.2, -0.15) is 0 Å². The van der Waals surface area contributed by atoms with Crippen molar-refractivity contribution in [1.29, 1.82) is 0 Å². The van der Waals surface area contributed by atoms with Gasteiger partial charge in [0, 0.05) is 5.92 Å². The second-order valence-electron chi connectivity index (χ2n) is 2.18. The van der Waals surface area contributed by atoms with Crippen LogP contribution in [0.4, 0.5) is 0 Å². The summed E-state index contributed by atoms with van der Waals surface area (Å²) in [7, 11) is 1.22. The van der Waals surface area contributed by atoms with Gasteiger partial charge in [0.05, 0.1) is 13.4 Å². The molecule has 0 amide bonds. The summed E-state index contributed by atoms with van der Waals surface area (Å²) in [6.07, 6.45) is 0.326. The van der Waals surface area contributed by atoms with Gasteiger partial charge < -0.3 is 14.3 Å². The minimum absolute atomic E-state index is 0.302. The van der Waals surface area contributed by atoms with Gasteiger partial charge in [0.1, 0.15) is 5.76 Å². The van der Waals surface area contributed by atoms with Crippen molar-refractivity contribution in [3.8, 4) is 11.8 Å². The van der Waals surface area contributed by atoms with E-state index in [1.807, 2.05) is 0 Å². The third-order valence-electron chi connectivity index (χ3n) is 1.31. The van der Waals surface area contributed by atoms with Crippen LogP contribution < -0.4 is 0 Å². The molecule has 68 valence electrons. The summed E-state index contributed by atoms with van der Waals surface area (Å²) in [4.78, 5) is 10.5. The van der Waals surface area contributed by atoms with Crippen molar-refractivity contribution in [2.24, 2.45) is 0 Å². The largest absolute Gasteiger partial charge is 0.466 e. The Balaban J connectivity index is 2.63. The topological polar surface area (TPSA) is 59.7 Å². The first-order chi connectivity index (χ1) is 6.24. The number of ether oxygens (including phenoxy) is 1. The highest BCUT2D eigenvalue weighted by Gasteiger charge is 2.05. The lowest BCUT2D eigenvalue weighted by atomic mass is 10.3. The molecule has 4 heteroatoms. The van der Waals surface area contributed by atoms with Crippen molar-refractivity contribution in [3.05, 3.63) is 24.2 Å². The quantitative estimate of drug-likeness (QED) is 0.388. The maximum Gasteiger partial charge on any atom is 0.384 e. The SMILES string of the molecule is COC(=O)C#C[C@@H](O)c1ccco1. The van der Waals surface area contributed by atoms with Crippen LogP contribution in [-0.4, -0.2) is 18.2 Å². The van der Waals surface area contributed by atoms with E-state index in [4.69, 9.17) is 4.42 Å². The molecule has 0 aliphatic heterocycles. The predicted molar refractivity (Wildman–Crippen MR) is 43.5 cm³/mol. The maximum absolute atomic E-state index is 10.5. The van der Waals surface area contributed by atoms with Gasteiger partial charge in [-0.15, -0.1) is 0 Å². The predicted octanol–water partition coefficient (Wildman–Crippen LogP) is 0.489. The molecular weight excluding hydrogens is 172 g/mol. The lowest BCUT2D eigenvalue weighted by Gasteiger charge is -1.95. The Morgan fingerprint density at radius 3 is 3.08 bits per heavy atom. The molecule has 1 aromatic rings. The van der Waals surface area contributed by atoms with Crippen LogP contribution in [0.25, 0.3) is 0 Å². The molecule has 0 saturated carbocycles. The summed E-state index contributed by atoms with van der Waals surface area (Å²) in [6, 6.07) is 3.19. The van der Waals surface area contributed by atoms with Crippen molar-refractivity contribution in [2.75, 3.05) is 7.11 Å². The van der Waals surface area contributed by atoms with Gasteiger partial charge >= 0.3 is 5.97 Å². The molecule has 0 spiro atoms. The Labute approximate surface area is 75.1 Å². The Hall–Kier alpha value is -1.73. The molecule has 0 radical (unpaired) electrons. The highest BCUT2D eigenvalue weighted by atomic mass is 16.5. The fourth-order valence-corrected chi connectivity index (χ4v) is 0.696. The molecule has 0 aliphatic carbocycles. The van der Waals surface area contributed by atoms with Crippen LogP contribution in [0.2, 0.25) is 0 Å². The molecule has 1 rings (SSSR count). The molecule has 1 atom stereocenters. The Morgan fingerprint density at radius 1 is 1.77 bits per heavy atom. The number of methoxy groups -OCH3 is 1. The van der Waals surface area contributed by atoms with E-state index >= 15 is 0 Å². The van der Waals surface area contributed by atoms with Crippen molar-refractivity contribution in [1.82, 2.24) is 0 Å². The van der Waals surface area contributed by atoms with Crippen molar-refractivity contribution < 1.29 is 19.1 Å². The van der Waals surface area contributed by atoms with E-state index in [1.54, 1.807) is 12.1 Å². The molecule has 0 aromatic carbocycles. The molecule has 4 nitrogen and oxygen atoms in total. The van der Waals surface area contributed by atoms with Crippen molar-refractivity contribution in [2.45, 2.75) is 6.10 Å². The first-order valence-corrected chi connectivity index (χ1v) is 3.55. The Morgan fingerprint density at radius 2 is 2.54 bits per heavy atom. The molecule has 1 aromatic heterocycles. The van der Waals surface area contributed by atoms with Gasteiger partial charge in [-0.3, -0.25) is 0 Å². The van der Waals surface area contributed by atoms with Gasteiger partial charge in [-0.1, -0.05) is 5.92 Å². The van der Waals surface area contributed by atoms with Gasteiger partial charge in [-0.05, 0) is 12.1 Å². The van der Waals surface area contributed by atoms with Crippen LogP contribution in [0.15, 0.2) is 22.8 Å². The number of carbonyl (C=O) groups excluding carboxylic acids is 1. The van der Waals surface area contributed by atoms with Crippen molar-refractivity contribution >= 4 is 5.97 Å². The molecule has 1 N–H and O–H groups in total. The lowest BCUT2D eigenvalue weighted by Crippen LogP contribution is -1.97. The smallest absolute Gasteiger partial charge is 0.384 e. The second-order valence-corrected chi connectivity index (χ2v) is 2.18. The normalized spacial score (nSPS) is 11.2. The zero-order chi connectivity index (χ0) is 9.68. The maximum atomic E-state index is 10.5. The molecule has 0 saturated heterocycles. The fourth-order valence-electron chi connectivity index (χ4n) is 0.696. The number of carbonyl (C=O) groups is 1. The molecule has 0 fully saturated rings. The van der Waals surface area contributed by atoms with Gasteiger partial charge in [0.25, 0.3) is 0 Å². The van der Waals surface area contributed by atoms with E-state index < -0.39 is 12.1 Å². The van der Waals surface area contributed by atoms with E-state index in [0.717, 1.165) is 0 Å². The van der Waals surface area contributed by atoms with Crippen LogP contribution in [0.1, 0.15) is 11.9 Å². The standard InChI is InChI=1S/C9H8O4/c1-12-9(11)5-4-7(10)8-3-2-6-13-8/h2-3,6-7,10H,1H3/t7-/m1/s1. The van der Waals surface area contributed by atoms with Crippen LogP contribution in [0, 0.1) is 11.8 Å². The summed E-state index contributed by atoms with van der Waals surface area (Å²) in [5.41, 5.74) is 0. The molecule has 0 bridgehead atoms. The van der Waals surface area contributed by atoms with E-state index in [1.165, 1.54) is 13.4 Å². The Kier molecular flexibility index (Phi) is 3.12. The summed E-state index contributed by atoms with van der Waals surface area (Å²) in [5.74, 6) is 3.99. The summed E-state index contributed by atoms with van der Waals surface area (Å²) < 4.78 is 9.12. The molecule has 0 aliphatic rings. The van der Waals surface area contributed by atoms with E-state index in [-0.39, 0.29) is 0 Å². The highest BCUT2D eigenvalue weighted by Crippen LogP contribution is 2.10. The van der Waals surface area contributed by atoms with Gasteiger partial charge in [-0.25, -0.2) is 4.79 Å². The first kappa shape index (κ1) is 9.36. The number of hydrogen-bond donors (Lipinski definition) is 1. The number of hydrogen-bond acceptors (Lipinski definition) is 4. The zero-order valence-electron chi connectivity index (χ0n) is 6.98. The third-order valence-corrected chi connectivity index (χ3v) is 1.31. The van der Waals surface area contributed by atoms with Crippen LogP contribution in [0.3, 0.4) is 0 Å².